The van der Waals surface area contributed by atoms with Crippen LogP contribution in [0.5, 0.6) is 0 Å². The topological polar surface area (TPSA) is 679 Å². The van der Waals surface area contributed by atoms with Crippen molar-refractivity contribution in [1.29, 1.82) is 0 Å². The molecule has 38 atom stereocenters. The molecule has 7 fully saturated rings. The van der Waals surface area contributed by atoms with Gasteiger partial charge in [0.1, 0.15) is 159 Å². The molecule has 136 heavy (non-hydrogen) atoms. The first-order valence-corrected chi connectivity index (χ1v) is 50.0. The Balaban J connectivity index is 1.12. The van der Waals surface area contributed by atoms with Gasteiger partial charge in [0.25, 0.3) is 5.79 Å². The number of ether oxygens (including phenoxy) is 14. The van der Waals surface area contributed by atoms with Crippen LogP contribution in [-0.2, 0) is 85.5 Å². The molecule has 0 radical (unpaired) electrons. The molecule has 7 aliphatic heterocycles. The van der Waals surface area contributed by atoms with Crippen molar-refractivity contribution in [1.82, 2.24) is 16.0 Å². The molecular weight excluding hydrogens is 1800 g/mol. The van der Waals surface area contributed by atoms with E-state index in [1.165, 1.54) is 161 Å². The highest BCUT2D eigenvalue weighted by molar-refractivity contribution is 5.77. The van der Waals surface area contributed by atoms with Crippen molar-refractivity contribution in [3.05, 3.63) is 12.2 Å². The summed E-state index contributed by atoms with van der Waals surface area (Å²) in [5, 5.41) is 257. The second kappa shape index (κ2) is 62.8. The molecular formula is C93H167N3O40. The van der Waals surface area contributed by atoms with Crippen LogP contribution in [0.4, 0.5) is 0 Å². The minimum Gasteiger partial charge on any atom is -0.477 e. The third kappa shape index (κ3) is 35.9. The summed E-state index contributed by atoms with van der Waals surface area (Å²) in [6.45, 7) is -0.191. The van der Waals surface area contributed by atoms with Gasteiger partial charge in [-0.15, -0.1) is 0 Å². The summed E-state index contributed by atoms with van der Waals surface area (Å²) >= 11 is 0. The number of carbonyl (C=O) groups is 4. The molecule has 0 aromatic heterocycles. The van der Waals surface area contributed by atoms with Gasteiger partial charge in [0, 0.05) is 26.7 Å². The monoisotopic (exact) mass is 1970 g/mol. The van der Waals surface area contributed by atoms with Crippen LogP contribution in [0.15, 0.2) is 12.2 Å². The van der Waals surface area contributed by atoms with Crippen molar-refractivity contribution in [2.45, 2.75) is 505 Å². The number of hydrogen-bond acceptors (Lipinski definition) is 39. The molecule has 0 aromatic rings. The summed E-state index contributed by atoms with van der Waals surface area (Å²) in [4.78, 5) is 54.4. The first-order valence-electron chi connectivity index (χ1n) is 50.0. The van der Waals surface area contributed by atoms with E-state index in [1.807, 2.05) is 0 Å². The third-order valence-corrected chi connectivity index (χ3v) is 26.8. The largest absolute Gasteiger partial charge is 0.477 e. The zero-order chi connectivity index (χ0) is 99.7. The summed E-state index contributed by atoms with van der Waals surface area (Å²) in [6, 6.07) is -5.18. The smallest absolute Gasteiger partial charge is 0.364 e. The Morgan fingerprint density at radius 3 is 1.28 bits per heavy atom. The molecule has 14 unspecified atom stereocenters. The fourth-order valence-corrected chi connectivity index (χ4v) is 18.6. The maximum Gasteiger partial charge on any atom is 0.364 e. The lowest BCUT2D eigenvalue weighted by molar-refractivity contribution is -0.410. The van der Waals surface area contributed by atoms with Crippen LogP contribution in [0.1, 0.15) is 272 Å². The number of allylic oxidation sites excluding steroid dienone is 1. The average molecular weight is 1970 g/mol. The average Bonchev–Trinajstić information content (AvgIpc) is 0.740. The molecule has 0 bridgehead atoms. The second-order valence-corrected chi connectivity index (χ2v) is 37.7. The summed E-state index contributed by atoms with van der Waals surface area (Å²) < 4.78 is 85.5. The quantitative estimate of drug-likeness (QED) is 0.0250. The van der Waals surface area contributed by atoms with Crippen LogP contribution >= 0.6 is 0 Å². The molecule has 7 saturated heterocycles. The van der Waals surface area contributed by atoms with Gasteiger partial charge in [-0.25, -0.2) is 4.79 Å². The van der Waals surface area contributed by atoms with E-state index < -0.39 is 309 Å². The van der Waals surface area contributed by atoms with Gasteiger partial charge in [0.2, 0.25) is 17.7 Å². The third-order valence-electron chi connectivity index (χ3n) is 26.8. The summed E-state index contributed by atoms with van der Waals surface area (Å²) in [5.74, 6) is -8.10. The normalized spacial score (nSPS) is 36.6. The summed E-state index contributed by atoms with van der Waals surface area (Å²) in [5.41, 5.74) is 0. The van der Waals surface area contributed by atoms with Gasteiger partial charge in [0.05, 0.1) is 76.6 Å². The van der Waals surface area contributed by atoms with Gasteiger partial charge >= 0.3 is 5.97 Å². The minimum absolute atomic E-state index is 0.0991. The van der Waals surface area contributed by atoms with E-state index in [0.717, 1.165) is 78.1 Å². The molecule has 794 valence electrons. The van der Waals surface area contributed by atoms with Crippen molar-refractivity contribution in [2.24, 2.45) is 0 Å². The van der Waals surface area contributed by atoms with Gasteiger partial charge in [-0.1, -0.05) is 231 Å². The Bertz CT molecular complexity index is 3300. The van der Waals surface area contributed by atoms with E-state index in [2.05, 4.69) is 29.8 Å². The van der Waals surface area contributed by atoms with E-state index in [4.69, 9.17) is 66.3 Å². The second-order valence-electron chi connectivity index (χ2n) is 37.7. The number of aliphatic hydroxyl groups is 21. The van der Waals surface area contributed by atoms with Crippen LogP contribution in [0.25, 0.3) is 0 Å². The molecule has 7 rings (SSSR count). The zero-order valence-electron chi connectivity index (χ0n) is 79.8. The number of carboxylic acid groups (broad SMARTS) is 1. The summed E-state index contributed by atoms with van der Waals surface area (Å²) in [6.07, 6.45) is -29.8. The van der Waals surface area contributed by atoms with E-state index in [9.17, 15) is 132 Å². The Morgan fingerprint density at radius 1 is 0.397 bits per heavy atom. The number of carbonyl (C=O) groups excluding carboxylic acids is 3. The SMILES string of the molecule is CCCCCCCCCCCCC/C=C/[C@@H](O)[C@H](CO[C@@H]1OC(CO)[C@@H](O[C@@H]2OC(CO)[C@H](O[C@@H]3OC(CO)[C@H](O)[C@H](O[C@@H]4OC(CO)[C@H](O)[C@H](O[C@H]5OC(CO)[C@H](O)[C@H](O)C5O)C4O[C@H]4OC(C)[C@@H](O)C(O)[C@@H]4O)C3NC(C)=O)[C@H](O[C@]3(C(=O)O)CC(O)[C@@H](NC(C)=O)C([C@H](O)[C@H](O)CO)O3)C2O)[C@H](O)C1O)NC(=O)CCCCCCCCCCCCCCCCCCCCCCCCC. The van der Waals surface area contributed by atoms with Crippen molar-refractivity contribution in [3.63, 3.8) is 0 Å². The number of nitrogens with one attached hydrogen (secondary N) is 3. The number of aliphatic hydroxyl groups excluding tert-OH is 21. The minimum atomic E-state index is -3.50. The van der Waals surface area contributed by atoms with Crippen molar-refractivity contribution in [2.75, 3.05) is 46.2 Å². The highest BCUT2D eigenvalue weighted by Crippen LogP contribution is 2.43. The maximum atomic E-state index is 14.1. The molecule has 7 heterocycles. The van der Waals surface area contributed by atoms with Gasteiger partial charge in [-0.3, -0.25) is 14.4 Å². The molecule has 7 aliphatic rings. The van der Waals surface area contributed by atoms with Crippen LogP contribution in [0.3, 0.4) is 0 Å². The Morgan fingerprint density at radius 2 is 0.787 bits per heavy atom. The maximum absolute atomic E-state index is 14.1. The number of hydrogen-bond donors (Lipinski definition) is 25. The lowest BCUT2D eigenvalue weighted by Crippen LogP contribution is -2.72. The van der Waals surface area contributed by atoms with Crippen LogP contribution in [0.2, 0.25) is 0 Å². The standard InChI is InChI=1S/C93H167N3O40/c1-6-8-10-12-14-16-18-20-21-22-23-24-25-26-27-28-29-31-33-35-37-39-41-43-64(108)96-55(56(105)42-40-38-36-34-32-30-19-17-15-13-11-9-7-2)51-123-87-77(119)74(116)79(62(49-101)128-87)130-90-78(120)84(136-93(92(121)122)44-57(106)65(94-53(4)103)82(135-93)68(110)58(107)45-97)80(63(50-102)129-90)131-86-66(95-54(5)104)81(70(112)60(47-99)125-86)132-91-85(134-88-75(117)72(114)67(109)52(3)124-88)83(71(113)61(48-100)127-91)133-89-76(118)73(115)69(111)59(46-98)126-89/h40,42,52,55-63,65-91,97-102,105-107,109-120H,6-39,41,43-51H2,1-5H3,(H,94,103)(H,95,104)(H,96,108)(H,121,122)/b42-40+/t52?,55-,56+,57?,58+,59?,60?,61?,62?,63?,65+,66?,67+,68+,69-,70-,71-,72?,73-,74+,75-,76?,77?,78?,79+,80-,81+,82?,83-,84+,85?,86-,87+,88+,89+,90-,91-,93-/m0/s1. The first kappa shape index (κ1) is 119. The van der Waals surface area contributed by atoms with Crippen molar-refractivity contribution >= 4 is 23.7 Å². The molecule has 43 heteroatoms. The number of amides is 3. The van der Waals surface area contributed by atoms with E-state index in [1.54, 1.807) is 6.08 Å². The van der Waals surface area contributed by atoms with Gasteiger partial charge in [-0.05, 0) is 26.2 Å². The van der Waals surface area contributed by atoms with E-state index in [-0.39, 0.29) is 6.42 Å². The van der Waals surface area contributed by atoms with Crippen molar-refractivity contribution in [3.8, 4) is 0 Å². The van der Waals surface area contributed by atoms with Crippen LogP contribution in [-0.4, -0.2) is 415 Å². The van der Waals surface area contributed by atoms with Gasteiger partial charge < -0.3 is 195 Å². The number of rotatable bonds is 65. The molecule has 3 amide bonds. The fraction of sp³-hybridized carbons (Fsp3) is 0.935. The number of carboxylic acids is 1. The Hall–Kier alpha value is -3.78. The molecule has 25 N–H and O–H groups in total. The zero-order valence-corrected chi connectivity index (χ0v) is 79.8. The fourth-order valence-electron chi connectivity index (χ4n) is 18.6. The number of unbranched alkanes of at least 4 members (excludes halogenated alkanes) is 33. The number of aliphatic carboxylic acids is 1. The predicted octanol–water partition coefficient (Wildman–Crippen LogP) is -1.25. The molecule has 0 aliphatic carbocycles. The van der Waals surface area contributed by atoms with E-state index >= 15 is 0 Å². The van der Waals surface area contributed by atoms with Crippen LogP contribution < -0.4 is 16.0 Å². The molecule has 0 aromatic carbocycles. The Labute approximate surface area is 797 Å². The Kier molecular flexibility index (Phi) is 55.0. The lowest BCUT2D eigenvalue weighted by Gasteiger charge is -2.53. The highest BCUT2D eigenvalue weighted by atomic mass is 16.8. The molecule has 43 nitrogen and oxygen atoms in total. The summed E-state index contributed by atoms with van der Waals surface area (Å²) in [7, 11) is 0. The van der Waals surface area contributed by atoms with Gasteiger partial charge in [0.15, 0.2) is 37.7 Å². The lowest BCUT2D eigenvalue weighted by atomic mass is 9.88. The van der Waals surface area contributed by atoms with E-state index in [0.29, 0.717) is 12.8 Å². The van der Waals surface area contributed by atoms with Crippen LogP contribution in [0, 0.1) is 0 Å². The molecule has 0 saturated carbocycles. The van der Waals surface area contributed by atoms with Crippen molar-refractivity contribution < 1.29 is 198 Å². The molecule has 0 spiro atoms. The van der Waals surface area contributed by atoms with Gasteiger partial charge in [-0.2, -0.15) is 0 Å². The highest BCUT2D eigenvalue weighted by Gasteiger charge is 2.64. The predicted molar refractivity (Wildman–Crippen MR) is 479 cm³/mol. The first-order chi connectivity index (χ1) is 65.2.